The molecule has 4 aromatic rings. The molecule has 11 nitrogen and oxygen atoms in total. The molecule has 1 fully saturated rings. The van der Waals surface area contributed by atoms with Crippen LogP contribution in [0.4, 0.5) is 22.0 Å². The lowest BCUT2D eigenvalue weighted by Crippen LogP contribution is -2.30. The summed E-state index contributed by atoms with van der Waals surface area (Å²) in [6.45, 7) is 1.33. The number of nitrogens with one attached hydrogen (secondary N) is 2. The van der Waals surface area contributed by atoms with Gasteiger partial charge in [-0.2, -0.15) is 5.10 Å². The zero-order valence-corrected chi connectivity index (χ0v) is 21.0. The van der Waals surface area contributed by atoms with Gasteiger partial charge in [-0.15, -0.1) is 0 Å². The molecular formula is C27H28N6O5. The first-order valence-electron chi connectivity index (χ1n) is 12.1. The van der Waals surface area contributed by atoms with Crippen LogP contribution in [0, 0.1) is 0 Å². The Hall–Kier alpha value is -4.80. The maximum Gasteiger partial charge on any atom is 0.407 e. The molecule has 1 aliphatic heterocycles. The Kier molecular flexibility index (Phi) is 6.98. The van der Waals surface area contributed by atoms with E-state index >= 15 is 0 Å². The lowest BCUT2D eigenvalue weighted by atomic mass is 10.2. The molecule has 0 radical (unpaired) electrons. The fourth-order valence-electron chi connectivity index (χ4n) is 4.53. The summed E-state index contributed by atoms with van der Waals surface area (Å²) in [5.74, 6) is 0.988. The minimum atomic E-state index is -0.927. The summed E-state index contributed by atoms with van der Waals surface area (Å²) in [7, 11) is 2.98. The lowest BCUT2D eigenvalue weighted by Gasteiger charge is -2.14. The van der Waals surface area contributed by atoms with Gasteiger partial charge in [-0.3, -0.25) is 0 Å². The molecule has 0 aliphatic carbocycles. The number of carbonyl (C=O) groups is 2. The van der Waals surface area contributed by atoms with Crippen molar-refractivity contribution in [3.63, 3.8) is 0 Å². The third-order valence-electron chi connectivity index (χ3n) is 6.51. The molecule has 1 aliphatic rings. The smallest absolute Gasteiger partial charge is 0.407 e. The monoisotopic (exact) mass is 516 g/mol. The number of carboxylic acid groups (broad SMARTS) is 1. The van der Waals surface area contributed by atoms with Gasteiger partial charge >= 0.3 is 12.1 Å². The number of fused-ring (bicyclic) bond motifs is 1. The second-order valence-corrected chi connectivity index (χ2v) is 8.96. The van der Waals surface area contributed by atoms with E-state index in [1.807, 2.05) is 35.0 Å². The van der Waals surface area contributed by atoms with E-state index in [2.05, 4.69) is 15.6 Å². The van der Waals surface area contributed by atoms with E-state index in [0.29, 0.717) is 43.1 Å². The van der Waals surface area contributed by atoms with Gasteiger partial charge in [0.25, 0.3) is 0 Å². The Balaban J connectivity index is 1.49. The first-order chi connectivity index (χ1) is 18.4. The number of hydrogen-bond donors (Lipinski definition) is 3. The summed E-state index contributed by atoms with van der Waals surface area (Å²) >= 11 is 0. The highest BCUT2D eigenvalue weighted by molar-refractivity contribution is 6.00. The molecule has 196 valence electrons. The Bertz CT molecular complexity index is 1450. The zero-order chi connectivity index (χ0) is 26.6. The van der Waals surface area contributed by atoms with Crippen LogP contribution in [-0.2, 0) is 11.3 Å². The minimum absolute atomic E-state index is 0.0777. The quantitative estimate of drug-likeness (QED) is 0.295. The standard InChI is InChI=1S/C27H28N6O5/c1-37-21-9-3-17(4-10-21)15-33-25-23(24(31-33)30-20-12-14-32(16-20)27(35)36)22(11-13-28-25)29-19-7-5-18(6-8-19)26(34)38-2/h3-11,13,20H,12,14-16H2,1-2H3,(H,28,29)(H,30,31)(H,35,36). The second kappa shape index (κ2) is 10.7. The fraction of sp³-hybridized carbons (Fsp3) is 0.259. The first kappa shape index (κ1) is 24.9. The number of anilines is 3. The first-order valence-corrected chi connectivity index (χ1v) is 12.1. The summed E-state index contributed by atoms with van der Waals surface area (Å²) < 4.78 is 11.9. The number of amides is 1. The van der Waals surface area contributed by atoms with Crippen molar-refractivity contribution in [2.75, 3.05) is 37.9 Å². The van der Waals surface area contributed by atoms with Crippen molar-refractivity contribution in [3.05, 3.63) is 71.9 Å². The number of esters is 1. The molecule has 1 atom stereocenters. The molecular weight excluding hydrogens is 488 g/mol. The normalized spacial score (nSPS) is 14.9. The molecule has 1 saturated heterocycles. The molecule has 0 saturated carbocycles. The van der Waals surface area contributed by atoms with Crippen LogP contribution >= 0.6 is 0 Å². The van der Waals surface area contributed by atoms with E-state index in [4.69, 9.17) is 14.6 Å². The van der Waals surface area contributed by atoms with Crippen LogP contribution in [0.1, 0.15) is 22.3 Å². The van der Waals surface area contributed by atoms with Gasteiger partial charge in [0.2, 0.25) is 0 Å². The summed E-state index contributed by atoms with van der Waals surface area (Å²) in [4.78, 5) is 29.3. The Morgan fingerprint density at radius 1 is 1.08 bits per heavy atom. The summed E-state index contributed by atoms with van der Waals surface area (Å²) in [6.07, 6.45) is 1.46. The number of hydrogen-bond acceptors (Lipinski definition) is 8. The summed E-state index contributed by atoms with van der Waals surface area (Å²) in [6, 6.07) is 16.5. The number of likely N-dealkylation sites (tertiary alicyclic amines) is 1. The summed E-state index contributed by atoms with van der Waals surface area (Å²) in [5, 5.41) is 21.9. The number of pyridine rings is 1. The van der Waals surface area contributed by atoms with Crippen LogP contribution in [0.3, 0.4) is 0 Å². The molecule has 1 unspecified atom stereocenters. The van der Waals surface area contributed by atoms with Crippen LogP contribution in [0.2, 0.25) is 0 Å². The number of benzene rings is 2. The van der Waals surface area contributed by atoms with E-state index in [1.54, 1.807) is 37.6 Å². The van der Waals surface area contributed by atoms with Gasteiger partial charge < -0.3 is 30.1 Å². The average molecular weight is 517 g/mol. The van der Waals surface area contributed by atoms with Crippen LogP contribution < -0.4 is 15.4 Å². The number of methoxy groups -OCH3 is 2. The Morgan fingerprint density at radius 3 is 2.50 bits per heavy atom. The molecule has 3 heterocycles. The predicted molar refractivity (Wildman–Crippen MR) is 142 cm³/mol. The molecule has 1 amide bonds. The third kappa shape index (κ3) is 5.17. The number of ether oxygens (including phenoxy) is 2. The third-order valence-corrected chi connectivity index (χ3v) is 6.51. The average Bonchev–Trinajstić information content (AvgIpc) is 3.55. The Labute approximate surface area is 219 Å². The maximum absolute atomic E-state index is 11.8. The van der Waals surface area contributed by atoms with Gasteiger partial charge in [0.05, 0.1) is 37.4 Å². The van der Waals surface area contributed by atoms with Crippen LogP contribution in [0.25, 0.3) is 11.0 Å². The lowest BCUT2D eigenvalue weighted by molar-refractivity contribution is 0.0600. The van der Waals surface area contributed by atoms with Gasteiger partial charge in [0.1, 0.15) is 5.75 Å². The number of carbonyl (C=O) groups excluding carboxylic acids is 1. The summed E-state index contributed by atoms with van der Waals surface area (Å²) in [5.41, 5.74) is 3.71. The van der Waals surface area contributed by atoms with E-state index in [9.17, 15) is 14.7 Å². The molecule has 2 aromatic carbocycles. The minimum Gasteiger partial charge on any atom is -0.497 e. The van der Waals surface area contributed by atoms with E-state index in [1.165, 1.54) is 12.0 Å². The molecule has 0 spiro atoms. The number of nitrogens with zero attached hydrogens (tertiary/aromatic N) is 4. The van der Waals surface area contributed by atoms with Crippen LogP contribution in [-0.4, -0.2) is 70.2 Å². The van der Waals surface area contributed by atoms with Gasteiger partial charge in [0, 0.05) is 31.0 Å². The maximum atomic E-state index is 11.8. The molecule has 3 N–H and O–H groups in total. The largest absolute Gasteiger partial charge is 0.497 e. The van der Waals surface area contributed by atoms with Gasteiger partial charge in [0.15, 0.2) is 11.5 Å². The van der Waals surface area contributed by atoms with Crippen LogP contribution in [0.15, 0.2) is 60.8 Å². The highest BCUT2D eigenvalue weighted by Gasteiger charge is 2.28. The molecule has 38 heavy (non-hydrogen) atoms. The van der Waals surface area contributed by atoms with Crippen molar-refractivity contribution in [2.24, 2.45) is 0 Å². The SMILES string of the molecule is COC(=O)c1ccc(Nc2ccnc3c2c(NC2CCN(C(=O)O)C2)nn3Cc2ccc(OC)cc2)cc1. The van der Waals surface area contributed by atoms with Crippen molar-refractivity contribution in [3.8, 4) is 5.75 Å². The second-order valence-electron chi connectivity index (χ2n) is 8.96. The van der Waals surface area contributed by atoms with E-state index in [-0.39, 0.29) is 6.04 Å². The molecule has 5 rings (SSSR count). The van der Waals surface area contributed by atoms with E-state index in [0.717, 1.165) is 28.1 Å². The predicted octanol–water partition coefficient (Wildman–Crippen LogP) is 4.18. The fourth-order valence-corrected chi connectivity index (χ4v) is 4.53. The van der Waals surface area contributed by atoms with Gasteiger partial charge in [-0.1, -0.05) is 12.1 Å². The highest BCUT2D eigenvalue weighted by atomic mass is 16.5. The van der Waals surface area contributed by atoms with Crippen molar-refractivity contribution in [1.29, 1.82) is 0 Å². The van der Waals surface area contributed by atoms with Crippen molar-refractivity contribution in [2.45, 2.75) is 19.0 Å². The highest BCUT2D eigenvalue weighted by Crippen LogP contribution is 2.33. The van der Waals surface area contributed by atoms with E-state index < -0.39 is 12.1 Å². The van der Waals surface area contributed by atoms with Crippen molar-refractivity contribution < 1.29 is 24.2 Å². The topological polar surface area (TPSA) is 131 Å². The van der Waals surface area contributed by atoms with Crippen molar-refractivity contribution in [1.82, 2.24) is 19.7 Å². The Morgan fingerprint density at radius 2 is 1.84 bits per heavy atom. The molecule has 2 aromatic heterocycles. The molecule has 0 bridgehead atoms. The molecule has 11 heteroatoms. The number of aromatic nitrogens is 3. The van der Waals surface area contributed by atoms with Gasteiger partial charge in [-0.25, -0.2) is 19.3 Å². The van der Waals surface area contributed by atoms with Crippen LogP contribution in [0.5, 0.6) is 5.75 Å². The van der Waals surface area contributed by atoms with Crippen molar-refractivity contribution >= 4 is 40.3 Å². The zero-order valence-electron chi connectivity index (χ0n) is 21.0. The van der Waals surface area contributed by atoms with Gasteiger partial charge in [-0.05, 0) is 54.4 Å². The number of rotatable bonds is 8.